The zero-order chi connectivity index (χ0) is 18.1. The number of esters is 1. The first-order valence-corrected chi connectivity index (χ1v) is 8.80. The van der Waals surface area contributed by atoms with Gasteiger partial charge in [-0.25, -0.2) is 9.78 Å². The van der Waals surface area contributed by atoms with Gasteiger partial charge in [-0.3, -0.25) is 4.79 Å². The lowest BCUT2D eigenvalue weighted by Crippen LogP contribution is -2.26. The normalized spacial score (nSPS) is 10.3. The average Bonchev–Trinajstić information content (AvgIpc) is 3.10. The lowest BCUT2D eigenvalue weighted by Gasteiger charge is -2.07. The molecule has 0 aliphatic rings. The van der Waals surface area contributed by atoms with Gasteiger partial charge < -0.3 is 20.5 Å². The molecule has 25 heavy (non-hydrogen) atoms. The first-order chi connectivity index (χ1) is 12.1. The molecule has 0 radical (unpaired) electrons. The SMILES string of the molecule is CCOC(=O)COc1ccc(CCNC(=O)c2csc(CN)n2)cc1. The predicted octanol–water partition coefficient (Wildman–Crippen LogP) is 1.52. The number of aromatic nitrogens is 1. The van der Waals surface area contributed by atoms with E-state index in [1.807, 2.05) is 12.1 Å². The van der Waals surface area contributed by atoms with Crippen LogP contribution in [0.3, 0.4) is 0 Å². The highest BCUT2D eigenvalue weighted by Gasteiger charge is 2.09. The summed E-state index contributed by atoms with van der Waals surface area (Å²) in [4.78, 5) is 27.3. The van der Waals surface area contributed by atoms with Crippen LogP contribution in [0.25, 0.3) is 0 Å². The first-order valence-electron chi connectivity index (χ1n) is 7.92. The molecule has 0 aliphatic carbocycles. The number of nitrogens with zero attached hydrogens (tertiary/aromatic N) is 1. The summed E-state index contributed by atoms with van der Waals surface area (Å²) in [5.74, 6) is -0.00270. The molecule has 0 saturated heterocycles. The maximum Gasteiger partial charge on any atom is 0.344 e. The van der Waals surface area contributed by atoms with Crippen molar-refractivity contribution in [3.8, 4) is 5.75 Å². The van der Waals surface area contributed by atoms with Crippen LogP contribution in [0, 0.1) is 0 Å². The van der Waals surface area contributed by atoms with Crippen molar-refractivity contribution in [2.45, 2.75) is 19.9 Å². The summed E-state index contributed by atoms with van der Waals surface area (Å²) < 4.78 is 10.1. The number of hydrogen-bond acceptors (Lipinski definition) is 7. The van der Waals surface area contributed by atoms with E-state index in [0.29, 0.717) is 37.6 Å². The Morgan fingerprint density at radius 3 is 2.68 bits per heavy atom. The molecule has 1 amide bonds. The van der Waals surface area contributed by atoms with Gasteiger partial charge in [-0.1, -0.05) is 12.1 Å². The molecular formula is C17H21N3O4S. The van der Waals surface area contributed by atoms with E-state index in [1.165, 1.54) is 11.3 Å². The van der Waals surface area contributed by atoms with E-state index in [2.05, 4.69) is 10.3 Å². The van der Waals surface area contributed by atoms with E-state index < -0.39 is 5.97 Å². The monoisotopic (exact) mass is 363 g/mol. The number of ether oxygens (including phenoxy) is 2. The highest BCUT2D eigenvalue weighted by molar-refractivity contribution is 7.09. The molecule has 0 unspecified atom stereocenters. The van der Waals surface area contributed by atoms with Crippen LogP contribution in [0.15, 0.2) is 29.6 Å². The minimum Gasteiger partial charge on any atom is -0.482 e. The molecule has 134 valence electrons. The highest BCUT2D eigenvalue weighted by Crippen LogP contribution is 2.13. The third-order valence-corrected chi connectivity index (χ3v) is 4.11. The number of hydrogen-bond donors (Lipinski definition) is 2. The molecule has 1 aromatic carbocycles. The molecule has 1 heterocycles. The zero-order valence-electron chi connectivity index (χ0n) is 14.0. The van der Waals surface area contributed by atoms with Crippen molar-refractivity contribution >= 4 is 23.2 Å². The van der Waals surface area contributed by atoms with Crippen molar-refractivity contribution in [2.24, 2.45) is 5.73 Å². The number of carbonyl (C=O) groups is 2. The molecule has 8 heteroatoms. The van der Waals surface area contributed by atoms with Crippen LogP contribution in [0.2, 0.25) is 0 Å². The Balaban J connectivity index is 1.73. The Bertz CT molecular complexity index is 700. The molecule has 0 fully saturated rings. The molecule has 0 aliphatic heterocycles. The molecule has 0 spiro atoms. The van der Waals surface area contributed by atoms with E-state index in [1.54, 1.807) is 24.4 Å². The van der Waals surface area contributed by atoms with E-state index in [0.717, 1.165) is 10.6 Å². The summed E-state index contributed by atoms with van der Waals surface area (Å²) >= 11 is 1.38. The fourth-order valence-corrected chi connectivity index (χ4v) is 2.67. The fraction of sp³-hybridized carbons (Fsp3) is 0.353. The summed E-state index contributed by atoms with van der Waals surface area (Å²) in [5.41, 5.74) is 6.93. The highest BCUT2D eigenvalue weighted by atomic mass is 32.1. The largest absolute Gasteiger partial charge is 0.482 e. The van der Waals surface area contributed by atoms with Gasteiger partial charge in [0.05, 0.1) is 6.61 Å². The van der Waals surface area contributed by atoms with Crippen LogP contribution in [-0.4, -0.2) is 36.6 Å². The molecule has 3 N–H and O–H groups in total. The third kappa shape index (κ3) is 6.17. The first kappa shape index (κ1) is 18.9. The quantitative estimate of drug-likeness (QED) is 0.655. The number of benzene rings is 1. The smallest absolute Gasteiger partial charge is 0.344 e. The summed E-state index contributed by atoms with van der Waals surface area (Å²) in [6, 6.07) is 7.35. The third-order valence-electron chi connectivity index (χ3n) is 3.24. The number of nitrogens with one attached hydrogen (secondary N) is 1. The summed E-state index contributed by atoms with van der Waals surface area (Å²) in [6.45, 7) is 2.81. The maximum atomic E-state index is 11.9. The summed E-state index contributed by atoms with van der Waals surface area (Å²) in [5, 5.41) is 5.27. The Morgan fingerprint density at radius 2 is 2.04 bits per heavy atom. The van der Waals surface area contributed by atoms with Crippen LogP contribution in [0.1, 0.15) is 28.0 Å². The van der Waals surface area contributed by atoms with Gasteiger partial charge in [0.2, 0.25) is 0 Å². The minimum atomic E-state index is -0.394. The number of nitrogens with two attached hydrogens (primary N) is 1. The van der Waals surface area contributed by atoms with Crippen molar-refractivity contribution in [2.75, 3.05) is 19.8 Å². The van der Waals surface area contributed by atoms with E-state index in [4.69, 9.17) is 15.2 Å². The van der Waals surface area contributed by atoms with E-state index in [-0.39, 0.29) is 12.5 Å². The number of carbonyl (C=O) groups excluding carboxylic acids is 2. The molecule has 7 nitrogen and oxygen atoms in total. The Morgan fingerprint density at radius 1 is 1.28 bits per heavy atom. The van der Waals surface area contributed by atoms with Gasteiger partial charge in [-0.2, -0.15) is 0 Å². The van der Waals surface area contributed by atoms with Crippen LogP contribution in [-0.2, 0) is 22.5 Å². The topological polar surface area (TPSA) is 104 Å². The summed E-state index contributed by atoms with van der Waals surface area (Å²) in [7, 11) is 0. The van der Waals surface area contributed by atoms with Crippen molar-refractivity contribution in [1.29, 1.82) is 0 Å². The standard InChI is InChI=1S/C17H21N3O4S/c1-2-23-16(21)10-24-13-5-3-12(4-6-13)7-8-19-17(22)14-11-25-15(9-18)20-14/h3-6,11H,2,7-10,18H2,1H3,(H,19,22). The Hall–Kier alpha value is -2.45. The minimum absolute atomic E-state index is 0.109. The molecule has 2 rings (SSSR count). The van der Waals surface area contributed by atoms with Gasteiger partial charge in [-0.15, -0.1) is 11.3 Å². The van der Waals surface area contributed by atoms with Gasteiger partial charge in [0, 0.05) is 18.5 Å². The van der Waals surface area contributed by atoms with E-state index in [9.17, 15) is 9.59 Å². The average molecular weight is 363 g/mol. The van der Waals surface area contributed by atoms with Crippen LogP contribution < -0.4 is 15.8 Å². The molecular weight excluding hydrogens is 342 g/mol. The number of amides is 1. The van der Waals surface area contributed by atoms with Crippen molar-refractivity contribution in [3.63, 3.8) is 0 Å². The van der Waals surface area contributed by atoms with Gasteiger partial charge >= 0.3 is 5.97 Å². The van der Waals surface area contributed by atoms with Gasteiger partial charge in [0.25, 0.3) is 5.91 Å². The van der Waals surface area contributed by atoms with Crippen LogP contribution >= 0.6 is 11.3 Å². The second-order valence-electron chi connectivity index (χ2n) is 5.07. The summed E-state index contributed by atoms with van der Waals surface area (Å²) in [6.07, 6.45) is 0.678. The van der Waals surface area contributed by atoms with Crippen molar-refractivity contribution < 1.29 is 19.1 Å². The molecule has 0 atom stereocenters. The second kappa shape index (κ2) is 9.75. The van der Waals surface area contributed by atoms with Gasteiger partial charge in [-0.05, 0) is 31.0 Å². The second-order valence-corrected chi connectivity index (χ2v) is 6.02. The maximum absolute atomic E-state index is 11.9. The lowest BCUT2D eigenvalue weighted by atomic mass is 10.1. The van der Waals surface area contributed by atoms with E-state index >= 15 is 0 Å². The van der Waals surface area contributed by atoms with Gasteiger partial charge in [0.15, 0.2) is 6.61 Å². The molecule has 0 saturated carbocycles. The molecule has 0 bridgehead atoms. The fourth-order valence-electron chi connectivity index (χ4n) is 2.02. The van der Waals surface area contributed by atoms with Gasteiger partial charge in [0.1, 0.15) is 16.5 Å². The Labute approximate surface area is 150 Å². The number of rotatable bonds is 9. The van der Waals surface area contributed by atoms with Crippen molar-refractivity contribution in [3.05, 3.63) is 45.9 Å². The van der Waals surface area contributed by atoms with Crippen LogP contribution in [0.5, 0.6) is 5.75 Å². The zero-order valence-corrected chi connectivity index (χ0v) is 14.8. The number of thiazole rings is 1. The lowest BCUT2D eigenvalue weighted by molar-refractivity contribution is -0.145. The van der Waals surface area contributed by atoms with Crippen molar-refractivity contribution in [1.82, 2.24) is 10.3 Å². The molecule has 2 aromatic rings. The van der Waals surface area contributed by atoms with Crippen LogP contribution in [0.4, 0.5) is 0 Å². The molecule has 1 aromatic heterocycles. The Kier molecular flexibility index (Phi) is 7.36. The predicted molar refractivity (Wildman–Crippen MR) is 94.6 cm³/mol.